The van der Waals surface area contributed by atoms with Crippen LogP contribution in [0.1, 0.15) is 31.2 Å². The number of aliphatic hydroxyl groups is 1. The van der Waals surface area contributed by atoms with Crippen molar-refractivity contribution in [2.24, 2.45) is 0 Å². The lowest BCUT2D eigenvalue weighted by atomic mass is 10.1. The summed E-state index contributed by atoms with van der Waals surface area (Å²) < 4.78 is 10.8. The lowest BCUT2D eigenvalue weighted by molar-refractivity contribution is 0.273. The van der Waals surface area contributed by atoms with Crippen LogP contribution in [0.4, 0.5) is 0 Å². The summed E-state index contributed by atoms with van der Waals surface area (Å²) in [6.07, 6.45) is 3.87. The van der Waals surface area contributed by atoms with Crippen molar-refractivity contribution in [3.05, 3.63) is 40.2 Å². The van der Waals surface area contributed by atoms with Gasteiger partial charge in [0.1, 0.15) is 11.3 Å². The van der Waals surface area contributed by atoms with E-state index in [2.05, 4.69) is 0 Å². The molecule has 4 nitrogen and oxygen atoms in total. The highest BCUT2D eigenvalue weighted by Crippen LogP contribution is 2.22. The molecule has 1 N–H and O–H groups in total. The van der Waals surface area contributed by atoms with Gasteiger partial charge in [-0.1, -0.05) is 6.42 Å². The van der Waals surface area contributed by atoms with Crippen LogP contribution >= 0.6 is 0 Å². The summed E-state index contributed by atoms with van der Waals surface area (Å²) in [5.74, 6) is 0.716. The van der Waals surface area contributed by atoms with Crippen molar-refractivity contribution < 1.29 is 14.3 Å². The van der Waals surface area contributed by atoms with Gasteiger partial charge in [-0.05, 0) is 43.9 Å². The summed E-state index contributed by atoms with van der Waals surface area (Å²) in [4.78, 5) is 11.3. The highest BCUT2D eigenvalue weighted by molar-refractivity contribution is 5.81. The maximum absolute atomic E-state index is 11.3. The Morgan fingerprint density at radius 2 is 1.95 bits per heavy atom. The molecule has 0 amide bonds. The number of benzene rings is 1. The molecule has 2 rings (SSSR count). The minimum absolute atomic E-state index is 0.254. The first-order valence-corrected chi connectivity index (χ1v) is 6.99. The van der Waals surface area contributed by atoms with Gasteiger partial charge in [0.05, 0.1) is 6.61 Å². The fraction of sp³-hybridized carbons (Fsp3) is 0.438. The number of aryl methyl sites for hydroxylation is 1. The van der Waals surface area contributed by atoms with Crippen molar-refractivity contribution in [2.45, 2.75) is 32.6 Å². The number of hydrogen-bond acceptors (Lipinski definition) is 4. The summed E-state index contributed by atoms with van der Waals surface area (Å²) in [6, 6.07) is 7.05. The number of aliphatic hydroxyl groups excluding tert-OH is 1. The van der Waals surface area contributed by atoms with Gasteiger partial charge in [0.15, 0.2) is 0 Å². The maximum atomic E-state index is 11.3. The average Bonchev–Trinajstić information content (AvgIpc) is 2.42. The van der Waals surface area contributed by atoms with Crippen LogP contribution in [0.2, 0.25) is 0 Å². The minimum Gasteiger partial charge on any atom is -0.493 e. The molecule has 20 heavy (non-hydrogen) atoms. The molecule has 0 saturated heterocycles. The fourth-order valence-electron chi connectivity index (χ4n) is 2.15. The fourth-order valence-corrected chi connectivity index (χ4v) is 2.15. The molecular formula is C16H20O4. The Morgan fingerprint density at radius 1 is 1.15 bits per heavy atom. The summed E-state index contributed by atoms with van der Waals surface area (Å²) in [6.45, 7) is 2.78. The van der Waals surface area contributed by atoms with Crippen molar-refractivity contribution in [2.75, 3.05) is 13.2 Å². The Kier molecular flexibility index (Phi) is 5.18. The first-order valence-electron chi connectivity index (χ1n) is 6.99. The number of fused-ring (bicyclic) bond motifs is 1. The lowest BCUT2D eigenvalue weighted by Crippen LogP contribution is -2.00. The Balaban J connectivity index is 1.96. The Labute approximate surface area is 118 Å². The molecule has 108 valence electrons. The van der Waals surface area contributed by atoms with E-state index in [1.54, 1.807) is 6.07 Å². The molecule has 1 heterocycles. The van der Waals surface area contributed by atoms with E-state index in [0.717, 1.165) is 36.6 Å². The zero-order valence-electron chi connectivity index (χ0n) is 11.7. The van der Waals surface area contributed by atoms with Crippen LogP contribution in [-0.4, -0.2) is 18.3 Å². The van der Waals surface area contributed by atoms with Gasteiger partial charge in [-0.2, -0.15) is 0 Å². The van der Waals surface area contributed by atoms with Crippen LogP contribution in [0.25, 0.3) is 11.0 Å². The minimum atomic E-state index is -0.337. The SMILES string of the molecule is Cc1cc(=O)oc2cc(OCCCCCCO)ccc12. The molecule has 0 spiro atoms. The van der Waals surface area contributed by atoms with Crippen LogP contribution in [0.5, 0.6) is 5.75 Å². The predicted molar refractivity (Wildman–Crippen MR) is 78.3 cm³/mol. The Bertz CT molecular complexity index is 615. The average molecular weight is 276 g/mol. The summed E-state index contributed by atoms with van der Waals surface area (Å²) >= 11 is 0. The van der Waals surface area contributed by atoms with Gasteiger partial charge in [-0.15, -0.1) is 0 Å². The molecule has 1 aromatic heterocycles. The Hall–Kier alpha value is -1.81. The van der Waals surface area contributed by atoms with Crippen molar-refractivity contribution in [3.8, 4) is 5.75 Å². The van der Waals surface area contributed by atoms with E-state index in [-0.39, 0.29) is 12.2 Å². The van der Waals surface area contributed by atoms with Crippen molar-refractivity contribution in [1.29, 1.82) is 0 Å². The van der Waals surface area contributed by atoms with E-state index < -0.39 is 0 Å². The molecule has 0 unspecified atom stereocenters. The molecule has 0 aliphatic carbocycles. The van der Waals surface area contributed by atoms with E-state index in [1.165, 1.54) is 6.07 Å². The molecule has 0 bridgehead atoms. The molecule has 0 radical (unpaired) electrons. The number of ether oxygens (including phenoxy) is 1. The highest BCUT2D eigenvalue weighted by atomic mass is 16.5. The third kappa shape index (κ3) is 3.84. The summed E-state index contributed by atoms with van der Waals surface area (Å²) in [5.41, 5.74) is 1.13. The maximum Gasteiger partial charge on any atom is 0.336 e. The first kappa shape index (κ1) is 14.6. The molecule has 0 fully saturated rings. The number of unbranched alkanes of at least 4 members (excludes halogenated alkanes) is 3. The molecular weight excluding hydrogens is 256 g/mol. The van der Waals surface area contributed by atoms with Gasteiger partial charge in [0.2, 0.25) is 0 Å². The van der Waals surface area contributed by atoms with E-state index in [1.807, 2.05) is 19.1 Å². The summed E-state index contributed by atoms with van der Waals surface area (Å²) in [5, 5.41) is 9.61. The monoisotopic (exact) mass is 276 g/mol. The van der Waals surface area contributed by atoms with Crippen LogP contribution in [0, 0.1) is 6.92 Å². The zero-order chi connectivity index (χ0) is 14.4. The second kappa shape index (κ2) is 7.10. The van der Waals surface area contributed by atoms with Gasteiger partial charge < -0.3 is 14.3 Å². The van der Waals surface area contributed by atoms with E-state index in [9.17, 15) is 4.79 Å². The third-order valence-corrected chi connectivity index (χ3v) is 3.24. The van der Waals surface area contributed by atoms with E-state index >= 15 is 0 Å². The molecule has 0 atom stereocenters. The van der Waals surface area contributed by atoms with Crippen molar-refractivity contribution >= 4 is 11.0 Å². The van der Waals surface area contributed by atoms with E-state index in [4.69, 9.17) is 14.3 Å². The largest absolute Gasteiger partial charge is 0.493 e. The molecule has 1 aromatic carbocycles. The quantitative estimate of drug-likeness (QED) is 0.623. The zero-order valence-corrected chi connectivity index (χ0v) is 11.7. The van der Waals surface area contributed by atoms with Crippen molar-refractivity contribution in [3.63, 3.8) is 0 Å². The third-order valence-electron chi connectivity index (χ3n) is 3.24. The standard InChI is InChI=1S/C16H20O4/c1-12-10-16(18)20-15-11-13(6-7-14(12)15)19-9-5-3-2-4-8-17/h6-7,10-11,17H,2-5,8-9H2,1H3. The van der Waals surface area contributed by atoms with Gasteiger partial charge in [-0.25, -0.2) is 4.79 Å². The normalized spacial score (nSPS) is 10.9. The molecule has 0 aliphatic rings. The Morgan fingerprint density at radius 3 is 2.75 bits per heavy atom. The predicted octanol–water partition coefficient (Wildman–Crippen LogP) is 3.03. The van der Waals surface area contributed by atoms with Crippen LogP contribution in [-0.2, 0) is 0 Å². The second-order valence-electron chi connectivity index (χ2n) is 4.89. The van der Waals surface area contributed by atoms with Crippen LogP contribution in [0.3, 0.4) is 0 Å². The van der Waals surface area contributed by atoms with Crippen LogP contribution < -0.4 is 10.4 Å². The van der Waals surface area contributed by atoms with Crippen molar-refractivity contribution in [1.82, 2.24) is 0 Å². The smallest absolute Gasteiger partial charge is 0.336 e. The summed E-state index contributed by atoms with van der Waals surface area (Å²) in [7, 11) is 0. The molecule has 4 heteroatoms. The number of rotatable bonds is 7. The molecule has 0 saturated carbocycles. The van der Waals surface area contributed by atoms with Crippen LogP contribution in [0.15, 0.2) is 33.5 Å². The second-order valence-corrected chi connectivity index (χ2v) is 4.89. The lowest BCUT2D eigenvalue weighted by Gasteiger charge is -2.07. The molecule has 0 aliphatic heterocycles. The van der Waals surface area contributed by atoms with E-state index in [0.29, 0.717) is 17.9 Å². The highest BCUT2D eigenvalue weighted by Gasteiger charge is 2.04. The number of hydrogen-bond donors (Lipinski definition) is 1. The van der Waals surface area contributed by atoms with Gasteiger partial charge in [0, 0.05) is 24.1 Å². The topological polar surface area (TPSA) is 59.7 Å². The first-order chi connectivity index (χ1) is 9.70. The van der Waals surface area contributed by atoms with Gasteiger partial charge in [-0.3, -0.25) is 0 Å². The molecule has 2 aromatic rings. The van der Waals surface area contributed by atoms with Gasteiger partial charge >= 0.3 is 5.63 Å². The van der Waals surface area contributed by atoms with Gasteiger partial charge in [0.25, 0.3) is 0 Å².